The molecule has 0 bridgehead atoms. The molecule has 0 aliphatic rings. The van der Waals surface area contributed by atoms with E-state index in [1.165, 1.54) is 0 Å². The largest absolute Gasteiger partial charge is 0.460 e. The average molecular weight is 734 g/mol. The predicted molar refractivity (Wildman–Crippen MR) is 105 cm³/mol. The van der Waals surface area contributed by atoms with Gasteiger partial charge < -0.3 is 4.74 Å². The van der Waals surface area contributed by atoms with Crippen LogP contribution in [0, 0.1) is 5.41 Å². The zero-order chi connectivity index (χ0) is 37.3. The smallest absolute Gasteiger partial charge is 0.459 e. The molecule has 0 aromatic rings. The quantitative estimate of drug-likeness (QED) is 0.0861. The Morgan fingerprint density at radius 1 is 0.578 bits per heavy atom. The summed E-state index contributed by atoms with van der Waals surface area (Å²) in [6, 6.07) is 0. The van der Waals surface area contributed by atoms with Crippen LogP contribution in [0.25, 0.3) is 0 Å². The topological polar surface area (TPSA) is 86.7 Å². The van der Waals surface area contributed by atoms with Crippen LogP contribution in [-0.4, -0.2) is 78.8 Å². The Morgan fingerprint density at radius 2 is 0.889 bits per heavy atom. The molecule has 0 saturated heterocycles. The Bertz CT molecular complexity index is 1250. The fourth-order valence-electron chi connectivity index (χ4n) is 3.00. The van der Waals surface area contributed by atoms with Gasteiger partial charge in [-0.3, -0.25) is 9.59 Å². The predicted octanol–water partition coefficient (Wildman–Crippen LogP) is 7.22. The van der Waals surface area contributed by atoms with Crippen molar-refractivity contribution in [2.75, 3.05) is 0 Å². The first kappa shape index (κ1) is 42.7. The molecule has 0 aliphatic carbocycles. The summed E-state index contributed by atoms with van der Waals surface area (Å²) in [5, 5.41) is -8.47. The van der Waals surface area contributed by atoms with E-state index in [0.29, 0.717) is 6.92 Å². The lowest BCUT2D eigenvalue weighted by molar-refractivity contribution is -0.458. The molecule has 26 heteroatoms. The van der Waals surface area contributed by atoms with Gasteiger partial charge >= 0.3 is 69.2 Å². The molecule has 45 heavy (non-hydrogen) atoms. The Kier molecular flexibility index (Phi) is 10.6. The van der Waals surface area contributed by atoms with Crippen LogP contribution in [0.1, 0.15) is 41.0 Å². The number of carbonyl (C=O) groups excluding carboxylic acids is 2. The molecule has 0 saturated carbocycles. The highest BCUT2D eigenvalue weighted by Gasteiger charge is 2.96. The van der Waals surface area contributed by atoms with Gasteiger partial charge in [0.25, 0.3) is 0 Å². The zero-order valence-corrected chi connectivity index (χ0v) is 23.1. The number of rotatable bonds is 13. The van der Waals surface area contributed by atoms with Gasteiger partial charge in [-0.05, 0) is 34.1 Å². The Hall–Kier alpha value is -2.28. The maximum Gasteiger partial charge on any atom is 0.460 e. The van der Waals surface area contributed by atoms with Gasteiger partial charge in [0, 0.05) is 0 Å². The van der Waals surface area contributed by atoms with Crippen molar-refractivity contribution in [1.29, 1.82) is 0 Å². The molecule has 0 spiro atoms. The van der Waals surface area contributed by atoms with Gasteiger partial charge in [0.05, 0.1) is 0 Å². The number of ether oxygens (including phenoxy) is 1. The Labute approximate surface area is 238 Å². The lowest BCUT2D eigenvalue weighted by Gasteiger charge is -2.42. The fraction of sp³-hybridized carbons (Fsp3) is 0.895. The van der Waals surface area contributed by atoms with E-state index in [2.05, 4.69) is 8.92 Å². The van der Waals surface area contributed by atoms with Crippen molar-refractivity contribution in [3.05, 3.63) is 0 Å². The molecular formula is C19H17F19O6S. The van der Waals surface area contributed by atoms with Crippen molar-refractivity contribution in [3.8, 4) is 0 Å². The summed E-state index contributed by atoms with van der Waals surface area (Å²) in [4.78, 5) is 24.3. The summed E-state index contributed by atoms with van der Waals surface area (Å²) in [5.74, 6) is -58.7. The van der Waals surface area contributed by atoms with Crippen molar-refractivity contribution < 1.29 is 110 Å². The number of hydrogen-bond acceptors (Lipinski definition) is 6. The van der Waals surface area contributed by atoms with Crippen molar-refractivity contribution >= 4 is 21.9 Å². The lowest BCUT2D eigenvalue weighted by atomic mass is 9.79. The van der Waals surface area contributed by atoms with Crippen LogP contribution in [0.2, 0.25) is 0 Å². The molecule has 0 aromatic carbocycles. The monoisotopic (exact) mass is 734 g/mol. The van der Waals surface area contributed by atoms with Gasteiger partial charge in [0.1, 0.15) is 5.60 Å². The second-order valence-electron chi connectivity index (χ2n) is 9.83. The molecule has 6 nitrogen and oxygen atoms in total. The van der Waals surface area contributed by atoms with Crippen molar-refractivity contribution in [1.82, 2.24) is 0 Å². The Morgan fingerprint density at radius 3 is 1.16 bits per heavy atom. The summed E-state index contributed by atoms with van der Waals surface area (Å²) >= 11 is 0. The van der Waals surface area contributed by atoms with Gasteiger partial charge in [0.15, 0.2) is 5.78 Å². The third kappa shape index (κ3) is 6.00. The highest BCUT2D eigenvalue weighted by atomic mass is 32.2. The number of Topliss-reactive ketones (excluding diaryl/α,β-unsaturated/α-hetero) is 1. The molecule has 0 heterocycles. The molecule has 0 rings (SSSR count). The normalized spacial score (nSPS) is 17.2. The minimum Gasteiger partial charge on any atom is -0.459 e. The molecule has 268 valence electrons. The summed E-state index contributed by atoms with van der Waals surface area (Å²) in [7, 11) is -8.82. The number of alkyl halides is 19. The number of ketones is 1. The number of esters is 1. The first-order valence-electron chi connectivity index (χ1n) is 10.9. The van der Waals surface area contributed by atoms with Crippen molar-refractivity contribution in [2.45, 2.75) is 99.7 Å². The standard InChI is InChI=1S/C19H17F19O6S/c1-6-10(7(2)39,8(40)43-9(3,4)5)18(35,36)44-45(41,42)19(37,38)16(30,31)14(26,27)12(22,23)11(20,21)13(24,25)15(28,29)17(32,33)34/h6H2,1-5H3. The summed E-state index contributed by atoms with van der Waals surface area (Å²) in [6.45, 7) is 2.96. The summed E-state index contributed by atoms with van der Waals surface area (Å²) < 4.78 is 288. The van der Waals surface area contributed by atoms with Crippen LogP contribution in [0.15, 0.2) is 0 Å². The van der Waals surface area contributed by atoms with E-state index in [0.717, 1.165) is 20.8 Å². The molecule has 0 radical (unpaired) electrons. The molecule has 1 unspecified atom stereocenters. The average Bonchev–Trinajstić information content (AvgIpc) is 2.75. The number of halogens is 19. The van der Waals surface area contributed by atoms with E-state index in [9.17, 15) is 101 Å². The first-order valence-corrected chi connectivity index (χ1v) is 12.3. The van der Waals surface area contributed by atoms with Crippen molar-refractivity contribution in [3.63, 3.8) is 0 Å². The van der Waals surface area contributed by atoms with E-state index >= 15 is 0 Å². The molecule has 0 N–H and O–H groups in total. The molecule has 0 amide bonds. The van der Waals surface area contributed by atoms with Crippen LogP contribution < -0.4 is 0 Å². The maximum absolute atomic E-state index is 14.9. The lowest BCUT2D eigenvalue weighted by Crippen LogP contribution is -2.75. The number of carbonyl (C=O) groups is 2. The van der Waals surface area contributed by atoms with E-state index in [1.54, 1.807) is 0 Å². The van der Waals surface area contributed by atoms with E-state index in [4.69, 9.17) is 0 Å². The van der Waals surface area contributed by atoms with Crippen LogP contribution in [0.5, 0.6) is 0 Å². The second kappa shape index (κ2) is 11.2. The zero-order valence-electron chi connectivity index (χ0n) is 22.2. The van der Waals surface area contributed by atoms with Gasteiger partial charge in [0.2, 0.25) is 5.41 Å². The molecular weight excluding hydrogens is 717 g/mol. The van der Waals surface area contributed by atoms with Crippen LogP contribution in [0.4, 0.5) is 83.4 Å². The molecule has 0 fully saturated rings. The minimum absolute atomic E-state index is 0.0300. The third-order valence-corrected chi connectivity index (χ3v) is 6.91. The maximum atomic E-state index is 14.9. The first-order chi connectivity index (χ1) is 19.1. The minimum atomic E-state index is -9.22. The summed E-state index contributed by atoms with van der Waals surface area (Å²) in [5.41, 5.74) is -6.40. The van der Waals surface area contributed by atoms with Crippen LogP contribution in [-0.2, 0) is 28.6 Å². The number of hydrogen-bond donors (Lipinski definition) is 0. The van der Waals surface area contributed by atoms with Gasteiger partial charge in [-0.2, -0.15) is 96.0 Å². The molecule has 0 aromatic heterocycles. The second-order valence-corrected chi connectivity index (χ2v) is 11.4. The van der Waals surface area contributed by atoms with Crippen LogP contribution >= 0.6 is 0 Å². The Balaban J connectivity index is 7.32. The summed E-state index contributed by atoms with van der Waals surface area (Å²) in [6.07, 6.45) is -16.3. The SMILES string of the molecule is CCC(C(C)=O)(C(=O)OC(C)(C)C)C(F)(F)OS(=O)(=O)C(F)(F)C(F)(F)C(F)(F)C(F)(F)C(F)(F)C(F)(F)C(F)(F)C(F)(F)F. The van der Waals surface area contributed by atoms with Crippen LogP contribution in [0.3, 0.4) is 0 Å². The highest BCUT2D eigenvalue weighted by molar-refractivity contribution is 7.87. The van der Waals surface area contributed by atoms with E-state index in [-0.39, 0.29) is 6.92 Å². The van der Waals surface area contributed by atoms with E-state index in [1.807, 2.05) is 0 Å². The van der Waals surface area contributed by atoms with E-state index < -0.39 is 92.4 Å². The van der Waals surface area contributed by atoms with Crippen molar-refractivity contribution in [2.24, 2.45) is 5.41 Å². The highest BCUT2D eigenvalue weighted by Crippen LogP contribution is 2.64. The van der Waals surface area contributed by atoms with Gasteiger partial charge in [-0.1, -0.05) is 6.92 Å². The molecule has 0 aliphatic heterocycles. The molecule has 1 atom stereocenters. The van der Waals surface area contributed by atoms with Gasteiger partial charge in [-0.25, -0.2) is 0 Å². The fourth-order valence-corrected chi connectivity index (χ4v) is 3.96. The third-order valence-electron chi connectivity index (χ3n) is 5.60. The van der Waals surface area contributed by atoms with Gasteiger partial charge in [-0.15, -0.1) is 0 Å².